The zero-order chi connectivity index (χ0) is 17.6. The van der Waals surface area contributed by atoms with E-state index in [1.54, 1.807) is 23.1 Å². The lowest BCUT2D eigenvalue weighted by molar-refractivity contribution is -0.118. The quantitative estimate of drug-likeness (QED) is 0.872. The van der Waals surface area contributed by atoms with Crippen LogP contribution in [0.15, 0.2) is 48.5 Å². The topological polar surface area (TPSA) is 81.9 Å². The maximum Gasteiger partial charge on any atom is 0.254 e. The summed E-state index contributed by atoms with van der Waals surface area (Å²) in [6.07, 6.45) is 0.114. The van der Waals surface area contributed by atoms with Gasteiger partial charge in [-0.05, 0) is 23.8 Å². The highest BCUT2D eigenvalue weighted by Crippen LogP contribution is 2.31. The van der Waals surface area contributed by atoms with E-state index in [0.29, 0.717) is 36.8 Å². The first-order valence-electron chi connectivity index (χ1n) is 8.14. The summed E-state index contributed by atoms with van der Waals surface area (Å²) in [4.78, 5) is 25.7. The van der Waals surface area contributed by atoms with E-state index < -0.39 is 5.91 Å². The van der Waals surface area contributed by atoms with Crippen LogP contribution < -0.4 is 15.2 Å². The Kier molecular flexibility index (Phi) is 5.18. The van der Waals surface area contributed by atoms with Crippen molar-refractivity contribution in [1.82, 2.24) is 4.90 Å². The van der Waals surface area contributed by atoms with Gasteiger partial charge in [-0.3, -0.25) is 9.59 Å². The summed E-state index contributed by atoms with van der Waals surface area (Å²) in [6, 6.07) is 14.7. The predicted molar refractivity (Wildman–Crippen MR) is 92.4 cm³/mol. The van der Waals surface area contributed by atoms with Crippen LogP contribution in [0.1, 0.15) is 22.3 Å². The summed E-state index contributed by atoms with van der Waals surface area (Å²) < 4.78 is 11.0. The first-order chi connectivity index (χ1) is 12.1. The van der Waals surface area contributed by atoms with Crippen LogP contribution in [0.2, 0.25) is 0 Å². The molecule has 2 aromatic rings. The molecule has 0 unspecified atom stereocenters. The average molecular weight is 340 g/mol. The second-order valence-corrected chi connectivity index (χ2v) is 5.79. The van der Waals surface area contributed by atoms with Crippen LogP contribution in [0.5, 0.6) is 11.5 Å². The molecule has 1 heterocycles. The molecule has 25 heavy (non-hydrogen) atoms. The highest BCUT2D eigenvalue weighted by atomic mass is 16.6. The Hall–Kier alpha value is -3.02. The third-order valence-corrected chi connectivity index (χ3v) is 3.92. The summed E-state index contributed by atoms with van der Waals surface area (Å²) in [6.45, 7) is 1.62. The Labute approximate surface area is 146 Å². The number of rotatable bonds is 6. The summed E-state index contributed by atoms with van der Waals surface area (Å²) in [5.41, 5.74) is 6.73. The monoisotopic (exact) mass is 340 g/mol. The van der Waals surface area contributed by atoms with E-state index >= 15 is 0 Å². The number of primary amides is 1. The van der Waals surface area contributed by atoms with E-state index in [0.717, 1.165) is 5.56 Å². The van der Waals surface area contributed by atoms with Gasteiger partial charge in [-0.2, -0.15) is 0 Å². The Morgan fingerprint density at radius 2 is 1.72 bits per heavy atom. The highest BCUT2D eigenvalue weighted by molar-refractivity contribution is 5.95. The standard InChI is InChI=1S/C19H20N2O4/c20-18(22)8-9-21(13-14-4-2-1-3-5-14)19(23)15-6-7-16-17(12-15)25-11-10-24-16/h1-7,12H,8-11,13H2,(H2,20,22). The van der Waals surface area contributed by atoms with Crippen molar-refractivity contribution < 1.29 is 19.1 Å². The molecule has 0 saturated heterocycles. The number of ether oxygens (including phenoxy) is 2. The number of hydrogen-bond donors (Lipinski definition) is 1. The van der Waals surface area contributed by atoms with Crippen LogP contribution >= 0.6 is 0 Å². The van der Waals surface area contributed by atoms with Crippen LogP contribution in [-0.2, 0) is 11.3 Å². The van der Waals surface area contributed by atoms with E-state index in [-0.39, 0.29) is 18.9 Å². The fourth-order valence-electron chi connectivity index (χ4n) is 2.66. The van der Waals surface area contributed by atoms with Crippen molar-refractivity contribution in [3.05, 3.63) is 59.7 Å². The molecule has 3 rings (SSSR count). The molecule has 6 nitrogen and oxygen atoms in total. The molecule has 6 heteroatoms. The zero-order valence-corrected chi connectivity index (χ0v) is 13.8. The SMILES string of the molecule is NC(=O)CCN(Cc1ccccc1)C(=O)c1ccc2c(c1)OCCO2. The van der Waals surface area contributed by atoms with Gasteiger partial charge in [0.05, 0.1) is 0 Å². The van der Waals surface area contributed by atoms with Crippen molar-refractivity contribution in [2.45, 2.75) is 13.0 Å². The molecule has 0 aromatic heterocycles. The van der Waals surface area contributed by atoms with Crippen molar-refractivity contribution in [2.24, 2.45) is 5.73 Å². The Morgan fingerprint density at radius 1 is 1.00 bits per heavy atom. The second kappa shape index (κ2) is 7.70. The van der Waals surface area contributed by atoms with Crippen LogP contribution in [0.3, 0.4) is 0 Å². The molecule has 2 N–H and O–H groups in total. The third-order valence-electron chi connectivity index (χ3n) is 3.92. The molecule has 2 amide bonds. The van der Waals surface area contributed by atoms with Gasteiger partial charge in [0, 0.05) is 25.1 Å². The number of nitrogens with zero attached hydrogens (tertiary/aromatic N) is 1. The number of hydrogen-bond acceptors (Lipinski definition) is 4. The van der Waals surface area contributed by atoms with Crippen molar-refractivity contribution in [2.75, 3.05) is 19.8 Å². The van der Waals surface area contributed by atoms with E-state index in [1.165, 1.54) is 0 Å². The summed E-state index contributed by atoms with van der Waals surface area (Å²) in [7, 11) is 0. The minimum atomic E-state index is -0.437. The van der Waals surface area contributed by atoms with Gasteiger partial charge in [0.1, 0.15) is 13.2 Å². The lowest BCUT2D eigenvalue weighted by atomic mass is 10.1. The van der Waals surface area contributed by atoms with Gasteiger partial charge in [-0.25, -0.2) is 0 Å². The normalized spacial score (nSPS) is 12.5. The first-order valence-corrected chi connectivity index (χ1v) is 8.14. The van der Waals surface area contributed by atoms with Crippen LogP contribution in [-0.4, -0.2) is 36.5 Å². The average Bonchev–Trinajstić information content (AvgIpc) is 2.65. The Balaban J connectivity index is 1.81. The predicted octanol–water partition coefficient (Wildman–Crippen LogP) is 1.98. The lowest BCUT2D eigenvalue weighted by Gasteiger charge is -2.24. The minimum Gasteiger partial charge on any atom is -0.486 e. The molecule has 0 radical (unpaired) electrons. The van der Waals surface area contributed by atoms with Crippen LogP contribution in [0.4, 0.5) is 0 Å². The molecule has 1 aliphatic heterocycles. The van der Waals surface area contributed by atoms with Crippen molar-refractivity contribution in [1.29, 1.82) is 0 Å². The summed E-state index contributed by atoms with van der Waals surface area (Å²) >= 11 is 0. The fourth-order valence-corrected chi connectivity index (χ4v) is 2.66. The molecule has 0 saturated carbocycles. The smallest absolute Gasteiger partial charge is 0.254 e. The molecule has 0 spiro atoms. The summed E-state index contributed by atoms with van der Waals surface area (Å²) in [5, 5.41) is 0. The number of fused-ring (bicyclic) bond motifs is 1. The van der Waals surface area contributed by atoms with Gasteiger partial charge in [0.2, 0.25) is 5.91 Å². The second-order valence-electron chi connectivity index (χ2n) is 5.79. The number of nitrogens with two attached hydrogens (primary N) is 1. The van der Waals surface area contributed by atoms with E-state index in [2.05, 4.69) is 0 Å². The molecule has 0 fully saturated rings. The van der Waals surface area contributed by atoms with E-state index in [9.17, 15) is 9.59 Å². The molecule has 2 aromatic carbocycles. The number of carbonyl (C=O) groups excluding carboxylic acids is 2. The fraction of sp³-hybridized carbons (Fsp3) is 0.263. The van der Waals surface area contributed by atoms with Gasteiger partial charge in [0.25, 0.3) is 5.91 Å². The van der Waals surface area contributed by atoms with E-state index in [4.69, 9.17) is 15.2 Å². The number of amides is 2. The first kappa shape index (κ1) is 16.8. The lowest BCUT2D eigenvalue weighted by Crippen LogP contribution is -2.33. The van der Waals surface area contributed by atoms with Gasteiger partial charge < -0.3 is 20.1 Å². The Morgan fingerprint density at radius 3 is 2.44 bits per heavy atom. The zero-order valence-electron chi connectivity index (χ0n) is 13.8. The van der Waals surface area contributed by atoms with Crippen LogP contribution in [0.25, 0.3) is 0 Å². The number of carbonyl (C=O) groups is 2. The van der Waals surface area contributed by atoms with Crippen LogP contribution in [0, 0.1) is 0 Å². The van der Waals surface area contributed by atoms with Crippen molar-refractivity contribution >= 4 is 11.8 Å². The van der Waals surface area contributed by atoms with Gasteiger partial charge >= 0.3 is 0 Å². The van der Waals surface area contributed by atoms with Gasteiger partial charge in [0.15, 0.2) is 11.5 Å². The largest absolute Gasteiger partial charge is 0.486 e. The molecule has 0 aliphatic carbocycles. The van der Waals surface area contributed by atoms with Gasteiger partial charge in [-0.1, -0.05) is 30.3 Å². The van der Waals surface area contributed by atoms with Crippen molar-refractivity contribution in [3.63, 3.8) is 0 Å². The molecule has 1 aliphatic rings. The van der Waals surface area contributed by atoms with Crippen molar-refractivity contribution in [3.8, 4) is 11.5 Å². The highest BCUT2D eigenvalue weighted by Gasteiger charge is 2.20. The molecular formula is C19H20N2O4. The number of benzene rings is 2. The van der Waals surface area contributed by atoms with Gasteiger partial charge in [-0.15, -0.1) is 0 Å². The maximum absolute atomic E-state index is 12.9. The summed E-state index contributed by atoms with van der Waals surface area (Å²) in [5.74, 6) is 0.580. The van der Waals surface area contributed by atoms with E-state index in [1.807, 2.05) is 30.3 Å². The molecule has 0 atom stereocenters. The molecule has 130 valence electrons. The Bertz CT molecular complexity index is 761. The maximum atomic E-state index is 12.9. The molecule has 0 bridgehead atoms. The third kappa shape index (κ3) is 4.29. The molecular weight excluding hydrogens is 320 g/mol. The minimum absolute atomic E-state index is 0.114.